The van der Waals surface area contributed by atoms with Crippen molar-refractivity contribution in [2.45, 2.75) is 25.9 Å². The van der Waals surface area contributed by atoms with Crippen LogP contribution in [-0.4, -0.2) is 18.5 Å². The van der Waals surface area contributed by atoms with Crippen molar-refractivity contribution in [1.82, 2.24) is 0 Å². The fourth-order valence-corrected chi connectivity index (χ4v) is 3.44. The van der Waals surface area contributed by atoms with E-state index in [1.807, 2.05) is 6.92 Å². The van der Waals surface area contributed by atoms with Gasteiger partial charge in [-0.2, -0.15) is 0 Å². The van der Waals surface area contributed by atoms with Crippen LogP contribution in [0.15, 0.2) is 42.5 Å². The van der Waals surface area contributed by atoms with Crippen LogP contribution in [0.5, 0.6) is 0 Å². The molecule has 0 spiro atoms. The number of rotatable bonds is 3. The molecular weight excluding hydrogens is 331 g/mol. The molecule has 23 heavy (non-hydrogen) atoms. The lowest BCUT2D eigenvalue weighted by atomic mass is 9.99. The molecule has 120 valence electrons. The summed E-state index contributed by atoms with van der Waals surface area (Å²) in [5.74, 6) is -0.0244. The summed E-state index contributed by atoms with van der Waals surface area (Å²) < 4.78 is 0. The van der Waals surface area contributed by atoms with Crippen molar-refractivity contribution in [3.05, 3.63) is 63.6 Å². The van der Waals surface area contributed by atoms with E-state index < -0.39 is 0 Å². The average Bonchev–Trinajstić information content (AvgIpc) is 2.56. The van der Waals surface area contributed by atoms with Gasteiger partial charge in [-0.1, -0.05) is 47.5 Å². The van der Waals surface area contributed by atoms with Gasteiger partial charge in [0, 0.05) is 17.0 Å². The number of quaternary nitrogens is 1. The number of anilines is 1. The van der Waals surface area contributed by atoms with Crippen molar-refractivity contribution in [3.63, 3.8) is 0 Å². The molecule has 0 radical (unpaired) electrons. The molecule has 3 rings (SSSR count). The number of amides is 1. The van der Waals surface area contributed by atoms with E-state index in [1.54, 1.807) is 18.2 Å². The molecule has 0 aliphatic carbocycles. The summed E-state index contributed by atoms with van der Waals surface area (Å²) in [6.07, 6.45) is 1.00. The monoisotopic (exact) mass is 349 g/mol. The third-order valence-corrected chi connectivity index (χ3v) is 4.99. The van der Waals surface area contributed by atoms with Gasteiger partial charge in [0.05, 0.1) is 17.3 Å². The van der Waals surface area contributed by atoms with Crippen molar-refractivity contribution in [3.8, 4) is 0 Å². The second-order valence-electron chi connectivity index (χ2n) is 5.94. The minimum absolute atomic E-state index is 0.0244. The minimum atomic E-state index is -0.143. The fraction of sp³-hybridized carbons (Fsp3) is 0.278. The molecule has 0 saturated carbocycles. The van der Waals surface area contributed by atoms with Gasteiger partial charge in [0.1, 0.15) is 6.54 Å². The number of hydrogen-bond donors (Lipinski definition) is 2. The highest BCUT2D eigenvalue weighted by Crippen LogP contribution is 2.25. The second-order valence-corrected chi connectivity index (χ2v) is 6.78. The third-order valence-electron chi connectivity index (χ3n) is 4.45. The normalized spacial score (nSPS) is 18.1. The van der Waals surface area contributed by atoms with Gasteiger partial charge in [-0.3, -0.25) is 4.79 Å². The Bertz CT molecular complexity index is 733. The second kappa shape index (κ2) is 6.91. The number of nitrogens with one attached hydrogen (secondary N) is 2. The van der Waals surface area contributed by atoms with Crippen LogP contribution < -0.4 is 10.2 Å². The molecule has 2 atom stereocenters. The molecule has 2 N–H and O–H groups in total. The van der Waals surface area contributed by atoms with Gasteiger partial charge < -0.3 is 10.2 Å². The Morgan fingerprint density at radius 3 is 2.65 bits per heavy atom. The molecule has 0 aromatic heterocycles. The van der Waals surface area contributed by atoms with Crippen LogP contribution in [0.25, 0.3) is 0 Å². The van der Waals surface area contributed by atoms with E-state index in [-0.39, 0.29) is 11.9 Å². The van der Waals surface area contributed by atoms with Crippen molar-refractivity contribution in [1.29, 1.82) is 0 Å². The molecule has 0 bridgehead atoms. The van der Waals surface area contributed by atoms with Gasteiger partial charge in [0.25, 0.3) is 5.91 Å². The maximum absolute atomic E-state index is 12.5. The average molecular weight is 350 g/mol. The van der Waals surface area contributed by atoms with Gasteiger partial charge in [-0.15, -0.1) is 0 Å². The first kappa shape index (κ1) is 16.3. The highest BCUT2D eigenvalue weighted by molar-refractivity contribution is 6.36. The summed E-state index contributed by atoms with van der Waals surface area (Å²) in [7, 11) is 0. The Balaban J connectivity index is 1.68. The highest BCUT2D eigenvalue weighted by Gasteiger charge is 2.29. The molecule has 1 heterocycles. The predicted octanol–water partition coefficient (Wildman–Crippen LogP) is 2.96. The zero-order valence-electron chi connectivity index (χ0n) is 12.9. The van der Waals surface area contributed by atoms with Gasteiger partial charge in [-0.05, 0) is 30.7 Å². The number of benzene rings is 2. The van der Waals surface area contributed by atoms with E-state index in [0.717, 1.165) is 19.5 Å². The van der Waals surface area contributed by atoms with Gasteiger partial charge >= 0.3 is 0 Å². The number of carbonyl (C=O) groups is 1. The van der Waals surface area contributed by atoms with E-state index in [0.29, 0.717) is 15.7 Å². The zero-order valence-corrected chi connectivity index (χ0v) is 14.4. The van der Waals surface area contributed by atoms with Crippen molar-refractivity contribution < 1.29 is 9.69 Å². The number of hydrogen-bond acceptors (Lipinski definition) is 1. The molecule has 0 saturated heterocycles. The van der Waals surface area contributed by atoms with Crippen molar-refractivity contribution in [2.24, 2.45) is 0 Å². The van der Waals surface area contributed by atoms with Gasteiger partial charge in [0.2, 0.25) is 0 Å². The number of carbonyl (C=O) groups excluding carboxylic acids is 1. The smallest absolute Gasteiger partial charge is 0.282 e. The minimum Gasteiger partial charge on any atom is -0.321 e. The Hall–Kier alpha value is -1.55. The number of fused-ring (bicyclic) bond motifs is 1. The quantitative estimate of drug-likeness (QED) is 0.877. The van der Waals surface area contributed by atoms with Crippen LogP contribution in [0.2, 0.25) is 10.0 Å². The van der Waals surface area contributed by atoms with Crippen LogP contribution >= 0.6 is 23.2 Å². The Morgan fingerprint density at radius 2 is 1.91 bits per heavy atom. The third kappa shape index (κ3) is 3.69. The van der Waals surface area contributed by atoms with Crippen molar-refractivity contribution in [2.75, 3.05) is 11.9 Å². The Morgan fingerprint density at radius 1 is 1.17 bits per heavy atom. The summed E-state index contributed by atoms with van der Waals surface area (Å²) in [5, 5.41) is 3.92. The summed E-state index contributed by atoms with van der Waals surface area (Å²) in [5.41, 5.74) is 3.33. The first-order chi connectivity index (χ1) is 11.0. The summed E-state index contributed by atoms with van der Waals surface area (Å²) in [4.78, 5) is 13.8. The van der Waals surface area contributed by atoms with Crippen molar-refractivity contribution >= 4 is 34.8 Å². The molecule has 3 nitrogen and oxygen atoms in total. The van der Waals surface area contributed by atoms with Crippen LogP contribution in [0, 0.1) is 0 Å². The molecule has 5 heteroatoms. The van der Waals surface area contributed by atoms with E-state index in [1.165, 1.54) is 16.0 Å². The van der Waals surface area contributed by atoms with Crippen LogP contribution in [-0.2, 0) is 17.8 Å². The zero-order chi connectivity index (χ0) is 16.4. The Labute approximate surface area is 146 Å². The maximum Gasteiger partial charge on any atom is 0.282 e. The topological polar surface area (TPSA) is 33.5 Å². The summed E-state index contributed by atoms with van der Waals surface area (Å²) in [6, 6.07) is 13.4. The molecule has 1 amide bonds. The van der Waals surface area contributed by atoms with E-state index >= 15 is 0 Å². The SMILES string of the molecule is C[C@H](C(=O)Nc1ccc(Cl)cc1Cl)[NH+]1CCc2ccccc2C1. The first-order valence-electron chi connectivity index (χ1n) is 7.72. The lowest BCUT2D eigenvalue weighted by Gasteiger charge is -2.30. The molecule has 2 aromatic carbocycles. The predicted molar refractivity (Wildman–Crippen MR) is 94.2 cm³/mol. The molecular formula is C18H19Cl2N2O+. The largest absolute Gasteiger partial charge is 0.321 e. The number of halogens is 2. The fourth-order valence-electron chi connectivity index (χ4n) is 2.99. The highest BCUT2D eigenvalue weighted by atomic mass is 35.5. The Kier molecular flexibility index (Phi) is 4.90. The van der Waals surface area contributed by atoms with Gasteiger partial charge in [-0.25, -0.2) is 0 Å². The van der Waals surface area contributed by atoms with E-state index in [4.69, 9.17) is 23.2 Å². The van der Waals surface area contributed by atoms with Gasteiger partial charge in [0.15, 0.2) is 6.04 Å². The lowest BCUT2D eigenvalue weighted by molar-refractivity contribution is -0.929. The first-order valence-corrected chi connectivity index (χ1v) is 8.47. The van der Waals surface area contributed by atoms with E-state index in [2.05, 4.69) is 29.6 Å². The van der Waals surface area contributed by atoms with Crippen LogP contribution in [0.3, 0.4) is 0 Å². The summed E-state index contributed by atoms with van der Waals surface area (Å²) in [6.45, 7) is 3.79. The molecule has 1 unspecified atom stereocenters. The summed E-state index contributed by atoms with van der Waals surface area (Å²) >= 11 is 12.0. The lowest BCUT2D eigenvalue weighted by Crippen LogP contribution is -3.16. The molecule has 2 aromatic rings. The van der Waals surface area contributed by atoms with E-state index in [9.17, 15) is 4.79 Å². The van der Waals surface area contributed by atoms with Crippen LogP contribution in [0.4, 0.5) is 5.69 Å². The molecule has 1 aliphatic rings. The molecule has 0 fully saturated rings. The molecule has 1 aliphatic heterocycles. The maximum atomic E-state index is 12.5. The van der Waals surface area contributed by atoms with Crippen LogP contribution in [0.1, 0.15) is 18.1 Å². The standard InChI is InChI=1S/C18H18Cl2N2O/c1-12(18(23)21-17-7-6-15(19)10-16(17)20)22-9-8-13-4-2-3-5-14(13)11-22/h2-7,10,12H,8-9,11H2,1H3,(H,21,23)/p+1/t12-/m1/s1.